The van der Waals surface area contributed by atoms with Gasteiger partial charge in [0.15, 0.2) is 6.79 Å². The molecule has 1 aromatic rings. The summed E-state index contributed by atoms with van der Waals surface area (Å²) in [5, 5.41) is 0. The van der Waals surface area contributed by atoms with Gasteiger partial charge in [-0.15, -0.1) is 0 Å². The fraction of sp³-hybridized carbons (Fsp3) is 0.455. The smallest absolute Gasteiger partial charge is 0.188 e. The van der Waals surface area contributed by atoms with Crippen LogP contribution in [0, 0.1) is 6.07 Å². The first-order valence-corrected chi connectivity index (χ1v) is 4.44. The number of rotatable bonds is 5. The lowest BCUT2D eigenvalue weighted by molar-refractivity contribution is 0.0462. The van der Waals surface area contributed by atoms with Crippen LogP contribution >= 0.6 is 0 Å². The van der Waals surface area contributed by atoms with Crippen LogP contribution in [0.4, 0.5) is 0 Å². The Kier molecular flexibility index (Phi) is 4.43. The summed E-state index contributed by atoms with van der Waals surface area (Å²) in [6.07, 6.45) is -0.000642. The first kappa shape index (κ1) is 11.0. The Bertz CT molecular complexity index is 273. The zero-order valence-corrected chi connectivity index (χ0v) is 8.74. The third kappa shape index (κ3) is 2.72. The zero-order valence-electron chi connectivity index (χ0n) is 8.74. The standard InChI is InChI=1S/C11H15O3/c1-9(13-3)10-6-4-5-7-11(10)14-8-12-2/h4-6,9H,8H2,1-3H3. The SMILES string of the molecule is COCOc1[c]cccc1C(C)OC. The van der Waals surface area contributed by atoms with Gasteiger partial charge < -0.3 is 14.2 Å². The third-order valence-electron chi connectivity index (χ3n) is 1.96. The van der Waals surface area contributed by atoms with Gasteiger partial charge in [-0.2, -0.15) is 0 Å². The lowest BCUT2D eigenvalue weighted by Crippen LogP contribution is -2.04. The highest BCUT2D eigenvalue weighted by molar-refractivity contribution is 5.33. The van der Waals surface area contributed by atoms with Crippen LogP contribution in [0.25, 0.3) is 0 Å². The first-order chi connectivity index (χ1) is 6.79. The molecule has 0 amide bonds. The van der Waals surface area contributed by atoms with Gasteiger partial charge in [0, 0.05) is 25.8 Å². The molecule has 0 saturated heterocycles. The minimum Gasteiger partial charge on any atom is -0.467 e. The molecule has 3 nitrogen and oxygen atoms in total. The molecule has 3 heteroatoms. The van der Waals surface area contributed by atoms with Crippen molar-refractivity contribution >= 4 is 0 Å². The van der Waals surface area contributed by atoms with Gasteiger partial charge in [0.25, 0.3) is 0 Å². The van der Waals surface area contributed by atoms with Gasteiger partial charge in [-0.3, -0.25) is 0 Å². The number of ether oxygens (including phenoxy) is 3. The maximum Gasteiger partial charge on any atom is 0.188 e. The van der Waals surface area contributed by atoms with E-state index in [1.165, 1.54) is 0 Å². The molecule has 0 aliphatic heterocycles. The van der Waals surface area contributed by atoms with Crippen molar-refractivity contribution in [2.24, 2.45) is 0 Å². The second-order valence-electron chi connectivity index (χ2n) is 2.88. The molecule has 0 aromatic heterocycles. The normalized spacial score (nSPS) is 12.5. The molecular formula is C11H15O3. The van der Waals surface area contributed by atoms with Crippen molar-refractivity contribution in [1.82, 2.24) is 0 Å². The quantitative estimate of drug-likeness (QED) is 0.674. The minimum absolute atomic E-state index is 0.000642. The van der Waals surface area contributed by atoms with Crippen molar-refractivity contribution in [2.45, 2.75) is 13.0 Å². The van der Waals surface area contributed by atoms with Crippen molar-refractivity contribution in [3.05, 3.63) is 29.8 Å². The molecule has 0 aliphatic carbocycles. The van der Waals surface area contributed by atoms with Crippen molar-refractivity contribution in [3.8, 4) is 5.75 Å². The van der Waals surface area contributed by atoms with Gasteiger partial charge in [-0.05, 0) is 6.92 Å². The Morgan fingerprint density at radius 2 is 2.21 bits per heavy atom. The summed E-state index contributed by atoms with van der Waals surface area (Å²) in [5.41, 5.74) is 0.979. The van der Waals surface area contributed by atoms with E-state index in [4.69, 9.17) is 14.2 Å². The van der Waals surface area contributed by atoms with Crippen LogP contribution in [0.1, 0.15) is 18.6 Å². The molecule has 0 N–H and O–H groups in total. The number of hydrogen-bond donors (Lipinski definition) is 0. The Balaban J connectivity index is 2.79. The number of methoxy groups -OCH3 is 2. The Hall–Kier alpha value is -1.06. The van der Waals surface area contributed by atoms with Crippen molar-refractivity contribution in [2.75, 3.05) is 21.0 Å². The highest BCUT2D eigenvalue weighted by atomic mass is 16.7. The van der Waals surface area contributed by atoms with E-state index >= 15 is 0 Å². The summed E-state index contributed by atoms with van der Waals surface area (Å²) in [5.74, 6) is 0.684. The molecule has 77 valence electrons. The summed E-state index contributed by atoms with van der Waals surface area (Å²) < 4.78 is 15.4. The van der Waals surface area contributed by atoms with E-state index in [2.05, 4.69) is 6.07 Å². The highest BCUT2D eigenvalue weighted by Gasteiger charge is 2.09. The van der Waals surface area contributed by atoms with E-state index < -0.39 is 0 Å². The highest BCUT2D eigenvalue weighted by Crippen LogP contribution is 2.25. The maximum atomic E-state index is 5.35. The average Bonchev–Trinajstić information content (AvgIpc) is 2.25. The monoisotopic (exact) mass is 195 g/mol. The third-order valence-corrected chi connectivity index (χ3v) is 1.96. The van der Waals surface area contributed by atoms with E-state index in [0.29, 0.717) is 5.75 Å². The van der Waals surface area contributed by atoms with E-state index in [1.54, 1.807) is 20.3 Å². The van der Waals surface area contributed by atoms with E-state index in [-0.39, 0.29) is 12.9 Å². The van der Waals surface area contributed by atoms with Crippen LogP contribution in [-0.4, -0.2) is 21.0 Å². The van der Waals surface area contributed by atoms with Crippen LogP contribution in [0.5, 0.6) is 5.75 Å². The van der Waals surface area contributed by atoms with Gasteiger partial charge in [-0.25, -0.2) is 0 Å². The summed E-state index contributed by atoms with van der Waals surface area (Å²) in [4.78, 5) is 0. The molecule has 0 fully saturated rings. The number of benzene rings is 1. The van der Waals surface area contributed by atoms with Crippen LogP contribution in [0.3, 0.4) is 0 Å². The molecule has 1 radical (unpaired) electrons. The minimum atomic E-state index is -0.000642. The fourth-order valence-electron chi connectivity index (χ4n) is 1.12. The molecular weight excluding hydrogens is 180 g/mol. The molecule has 1 atom stereocenters. The Morgan fingerprint density at radius 1 is 1.43 bits per heavy atom. The van der Waals surface area contributed by atoms with E-state index in [1.807, 2.05) is 19.1 Å². The molecule has 0 aliphatic rings. The predicted octanol–water partition coefficient (Wildman–Crippen LogP) is 2.18. The molecule has 0 bridgehead atoms. The van der Waals surface area contributed by atoms with E-state index in [0.717, 1.165) is 5.56 Å². The summed E-state index contributed by atoms with van der Waals surface area (Å²) >= 11 is 0. The topological polar surface area (TPSA) is 27.7 Å². The lowest BCUT2D eigenvalue weighted by atomic mass is 10.1. The molecule has 1 aromatic carbocycles. The lowest BCUT2D eigenvalue weighted by Gasteiger charge is -2.14. The zero-order chi connectivity index (χ0) is 10.4. The number of para-hydroxylation sites is 1. The van der Waals surface area contributed by atoms with Gasteiger partial charge in [0.1, 0.15) is 5.75 Å². The van der Waals surface area contributed by atoms with Crippen molar-refractivity contribution in [1.29, 1.82) is 0 Å². The molecule has 14 heavy (non-hydrogen) atoms. The number of hydrogen-bond acceptors (Lipinski definition) is 3. The van der Waals surface area contributed by atoms with E-state index in [9.17, 15) is 0 Å². The second-order valence-corrected chi connectivity index (χ2v) is 2.88. The van der Waals surface area contributed by atoms with Gasteiger partial charge in [0.2, 0.25) is 0 Å². The molecule has 0 heterocycles. The van der Waals surface area contributed by atoms with Crippen LogP contribution in [0.2, 0.25) is 0 Å². The van der Waals surface area contributed by atoms with Gasteiger partial charge >= 0.3 is 0 Å². The van der Waals surface area contributed by atoms with Crippen molar-refractivity contribution in [3.63, 3.8) is 0 Å². The first-order valence-electron chi connectivity index (χ1n) is 4.44. The second kappa shape index (κ2) is 5.62. The van der Waals surface area contributed by atoms with Gasteiger partial charge in [-0.1, -0.05) is 18.2 Å². The Morgan fingerprint density at radius 3 is 2.86 bits per heavy atom. The fourth-order valence-corrected chi connectivity index (χ4v) is 1.12. The molecule has 1 unspecified atom stereocenters. The molecule has 1 rings (SSSR count). The van der Waals surface area contributed by atoms with Crippen LogP contribution in [0.15, 0.2) is 18.2 Å². The summed E-state index contributed by atoms with van der Waals surface area (Å²) in [6, 6.07) is 8.67. The summed E-state index contributed by atoms with van der Waals surface area (Å²) in [7, 11) is 3.25. The van der Waals surface area contributed by atoms with Crippen molar-refractivity contribution < 1.29 is 14.2 Å². The average molecular weight is 195 g/mol. The Labute approximate surface area is 84.6 Å². The van der Waals surface area contributed by atoms with Crippen LogP contribution < -0.4 is 4.74 Å². The largest absolute Gasteiger partial charge is 0.467 e. The van der Waals surface area contributed by atoms with Crippen LogP contribution in [-0.2, 0) is 9.47 Å². The summed E-state index contributed by atoms with van der Waals surface area (Å²) in [6.45, 7) is 2.19. The predicted molar refractivity (Wildman–Crippen MR) is 53.2 cm³/mol. The molecule has 0 saturated carbocycles. The van der Waals surface area contributed by atoms with Gasteiger partial charge in [0.05, 0.1) is 6.10 Å². The maximum absolute atomic E-state index is 5.35. The molecule has 0 spiro atoms.